The zero-order chi connectivity index (χ0) is 13.8. The molecule has 0 bridgehead atoms. The summed E-state index contributed by atoms with van der Waals surface area (Å²) in [6.07, 6.45) is 4.94. The maximum absolute atomic E-state index is 12.0. The van der Waals surface area contributed by atoms with E-state index in [1.807, 2.05) is 18.4 Å². The molecule has 0 aliphatic carbocycles. The molecule has 1 unspecified atom stereocenters. The van der Waals surface area contributed by atoms with Crippen LogP contribution in [0.1, 0.15) is 49.6 Å². The van der Waals surface area contributed by atoms with Crippen LogP contribution in [0.3, 0.4) is 0 Å². The first-order chi connectivity index (χ1) is 9.08. The van der Waals surface area contributed by atoms with Gasteiger partial charge < -0.3 is 19.8 Å². The highest BCUT2D eigenvalue weighted by Crippen LogP contribution is 2.18. The molecule has 1 atom stereocenters. The van der Waals surface area contributed by atoms with Gasteiger partial charge in [-0.05, 0) is 32.8 Å². The highest BCUT2D eigenvalue weighted by atomic mass is 16.5. The average Bonchev–Trinajstić information content (AvgIpc) is 2.98. The number of anilines is 1. The van der Waals surface area contributed by atoms with E-state index in [1.54, 1.807) is 12.3 Å². The number of esters is 1. The van der Waals surface area contributed by atoms with Crippen molar-refractivity contribution in [3.05, 3.63) is 18.0 Å². The fourth-order valence-electron chi connectivity index (χ4n) is 2.32. The Bertz CT molecular complexity index is 434. The van der Waals surface area contributed by atoms with Gasteiger partial charge >= 0.3 is 5.97 Å². The standard InChI is InChI=1S/C14H22N2O3/c1-10(2)16-9-11(15)8-13(16)14(17)19-7-5-12-4-3-6-18-12/h8-10,12H,3-7,15H2,1-2H3. The minimum atomic E-state index is -0.316. The van der Waals surface area contributed by atoms with E-state index in [9.17, 15) is 4.79 Å². The van der Waals surface area contributed by atoms with Crippen molar-refractivity contribution in [1.82, 2.24) is 4.57 Å². The summed E-state index contributed by atoms with van der Waals surface area (Å²) in [7, 11) is 0. The van der Waals surface area contributed by atoms with Crippen LogP contribution >= 0.6 is 0 Å². The number of aromatic nitrogens is 1. The van der Waals surface area contributed by atoms with Crippen molar-refractivity contribution >= 4 is 11.7 Å². The molecule has 1 aliphatic heterocycles. The molecular formula is C14H22N2O3. The number of nitrogens with zero attached hydrogens (tertiary/aromatic N) is 1. The fraction of sp³-hybridized carbons (Fsp3) is 0.643. The summed E-state index contributed by atoms with van der Waals surface area (Å²) in [5, 5.41) is 0. The number of hydrogen-bond acceptors (Lipinski definition) is 4. The summed E-state index contributed by atoms with van der Waals surface area (Å²) in [4.78, 5) is 12.0. The third kappa shape index (κ3) is 3.50. The summed E-state index contributed by atoms with van der Waals surface area (Å²) in [6, 6.07) is 1.84. The Morgan fingerprint density at radius 3 is 3.05 bits per heavy atom. The number of carbonyl (C=O) groups excluding carboxylic acids is 1. The smallest absolute Gasteiger partial charge is 0.355 e. The highest BCUT2D eigenvalue weighted by Gasteiger charge is 2.18. The van der Waals surface area contributed by atoms with E-state index in [0.717, 1.165) is 25.9 Å². The van der Waals surface area contributed by atoms with Crippen molar-refractivity contribution in [2.75, 3.05) is 18.9 Å². The van der Waals surface area contributed by atoms with E-state index in [-0.39, 0.29) is 18.1 Å². The lowest BCUT2D eigenvalue weighted by Gasteiger charge is -2.13. The van der Waals surface area contributed by atoms with Gasteiger partial charge in [-0.25, -0.2) is 4.79 Å². The maximum atomic E-state index is 12.0. The van der Waals surface area contributed by atoms with E-state index in [4.69, 9.17) is 15.2 Å². The zero-order valence-electron chi connectivity index (χ0n) is 11.6. The van der Waals surface area contributed by atoms with Gasteiger partial charge in [0.25, 0.3) is 0 Å². The number of ether oxygens (including phenoxy) is 2. The van der Waals surface area contributed by atoms with E-state index < -0.39 is 0 Å². The number of carbonyl (C=O) groups is 1. The van der Waals surface area contributed by atoms with Crippen LogP contribution in [0.25, 0.3) is 0 Å². The second-order valence-electron chi connectivity index (χ2n) is 5.22. The zero-order valence-corrected chi connectivity index (χ0v) is 11.6. The minimum Gasteiger partial charge on any atom is -0.461 e. The van der Waals surface area contributed by atoms with Gasteiger partial charge in [0.15, 0.2) is 0 Å². The van der Waals surface area contributed by atoms with Crippen molar-refractivity contribution in [3.8, 4) is 0 Å². The maximum Gasteiger partial charge on any atom is 0.355 e. The monoisotopic (exact) mass is 266 g/mol. The Morgan fingerprint density at radius 2 is 2.42 bits per heavy atom. The van der Waals surface area contributed by atoms with Gasteiger partial charge in [0.2, 0.25) is 0 Å². The second-order valence-corrected chi connectivity index (χ2v) is 5.22. The van der Waals surface area contributed by atoms with Gasteiger partial charge in [0.1, 0.15) is 5.69 Å². The molecule has 0 amide bonds. The van der Waals surface area contributed by atoms with E-state index >= 15 is 0 Å². The SMILES string of the molecule is CC(C)n1cc(N)cc1C(=O)OCCC1CCCO1. The Labute approximate surface area is 113 Å². The summed E-state index contributed by atoms with van der Waals surface area (Å²) in [5.41, 5.74) is 6.83. The lowest BCUT2D eigenvalue weighted by Crippen LogP contribution is -2.16. The summed E-state index contributed by atoms with van der Waals surface area (Å²) in [5.74, 6) is -0.316. The molecule has 106 valence electrons. The summed E-state index contributed by atoms with van der Waals surface area (Å²) < 4.78 is 12.6. The van der Waals surface area contributed by atoms with Gasteiger partial charge in [-0.15, -0.1) is 0 Å². The molecule has 2 rings (SSSR count). The highest BCUT2D eigenvalue weighted by molar-refractivity contribution is 5.89. The van der Waals surface area contributed by atoms with Crippen LogP contribution < -0.4 is 5.73 Å². The molecule has 1 aromatic heterocycles. The topological polar surface area (TPSA) is 66.5 Å². The third-order valence-corrected chi connectivity index (χ3v) is 3.33. The first-order valence-corrected chi connectivity index (χ1v) is 6.84. The van der Waals surface area contributed by atoms with Crippen molar-refractivity contribution in [3.63, 3.8) is 0 Å². The van der Waals surface area contributed by atoms with Gasteiger partial charge in [0.05, 0.1) is 18.4 Å². The first-order valence-electron chi connectivity index (χ1n) is 6.84. The number of nitrogens with two attached hydrogens (primary N) is 1. The second kappa shape index (κ2) is 6.10. The molecule has 0 saturated carbocycles. The molecule has 2 N–H and O–H groups in total. The summed E-state index contributed by atoms with van der Waals surface area (Å²) >= 11 is 0. The van der Waals surface area contributed by atoms with Crippen LogP contribution in [0.5, 0.6) is 0 Å². The minimum absolute atomic E-state index is 0.179. The van der Waals surface area contributed by atoms with E-state index in [1.165, 1.54) is 0 Å². The largest absolute Gasteiger partial charge is 0.461 e. The molecule has 0 aromatic carbocycles. The molecule has 5 nitrogen and oxygen atoms in total. The van der Waals surface area contributed by atoms with E-state index in [2.05, 4.69) is 0 Å². The average molecular weight is 266 g/mol. The lowest BCUT2D eigenvalue weighted by atomic mass is 10.2. The third-order valence-electron chi connectivity index (χ3n) is 3.33. The van der Waals surface area contributed by atoms with Crippen LogP contribution in [0.4, 0.5) is 5.69 Å². The van der Waals surface area contributed by atoms with Crippen molar-refractivity contribution in [2.24, 2.45) is 0 Å². The normalized spacial score (nSPS) is 19.0. The van der Waals surface area contributed by atoms with Crippen molar-refractivity contribution in [1.29, 1.82) is 0 Å². The fourth-order valence-corrected chi connectivity index (χ4v) is 2.32. The van der Waals surface area contributed by atoms with Crippen LogP contribution in [0, 0.1) is 0 Å². The molecule has 1 fully saturated rings. The lowest BCUT2D eigenvalue weighted by molar-refractivity contribution is 0.0374. The Kier molecular flexibility index (Phi) is 4.47. The van der Waals surface area contributed by atoms with Gasteiger partial charge in [-0.3, -0.25) is 0 Å². The number of hydrogen-bond donors (Lipinski definition) is 1. The van der Waals surface area contributed by atoms with Gasteiger partial charge in [-0.1, -0.05) is 0 Å². The van der Waals surface area contributed by atoms with Crippen molar-refractivity contribution < 1.29 is 14.3 Å². The molecule has 1 aromatic rings. The Balaban J connectivity index is 1.88. The van der Waals surface area contributed by atoms with Gasteiger partial charge in [0, 0.05) is 25.3 Å². The molecular weight excluding hydrogens is 244 g/mol. The Morgan fingerprint density at radius 1 is 1.63 bits per heavy atom. The number of nitrogen functional groups attached to an aromatic ring is 1. The molecule has 2 heterocycles. The van der Waals surface area contributed by atoms with Crippen molar-refractivity contribution in [2.45, 2.75) is 45.3 Å². The van der Waals surface area contributed by atoms with Crippen LogP contribution in [0.2, 0.25) is 0 Å². The van der Waals surface area contributed by atoms with Gasteiger partial charge in [-0.2, -0.15) is 0 Å². The predicted octanol–water partition coefficient (Wildman–Crippen LogP) is 2.38. The molecule has 5 heteroatoms. The molecule has 1 aliphatic rings. The predicted molar refractivity (Wildman–Crippen MR) is 73.1 cm³/mol. The molecule has 0 spiro atoms. The summed E-state index contributed by atoms with van der Waals surface area (Å²) in [6.45, 7) is 5.23. The Hall–Kier alpha value is -1.49. The first kappa shape index (κ1) is 13.9. The van der Waals surface area contributed by atoms with Crippen LogP contribution in [-0.2, 0) is 9.47 Å². The van der Waals surface area contributed by atoms with Crippen LogP contribution in [-0.4, -0.2) is 29.9 Å². The molecule has 1 saturated heterocycles. The van der Waals surface area contributed by atoms with Crippen LogP contribution in [0.15, 0.2) is 12.3 Å². The molecule has 19 heavy (non-hydrogen) atoms. The van der Waals surface area contributed by atoms with E-state index in [0.29, 0.717) is 18.0 Å². The molecule has 0 radical (unpaired) electrons. The number of rotatable bonds is 5. The quantitative estimate of drug-likeness (QED) is 0.831.